The van der Waals surface area contributed by atoms with Crippen LogP contribution in [0.4, 0.5) is 11.4 Å². The van der Waals surface area contributed by atoms with Crippen LogP contribution in [0.15, 0.2) is 18.2 Å². The van der Waals surface area contributed by atoms with E-state index in [1.54, 1.807) is 0 Å². The summed E-state index contributed by atoms with van der Waals surface area (Å²) in [5.41, 5.74) is 7.69. The predicted molar refractivity (Wildman–Crippen MR) is 77.2 cm³/mol. The zero-order valence-electron chi connectivity index (χ0n) is 11.6. The predicted octanol–water partition coefficient (Wildman–Crippen LogP) is 2.94. The van der Waals surface area contributed by atoms with Crippen molar-refractivity contribution in [1.29, 1.82) is 5.26 Å². The number of benzene rings is 1. The van der Waals surface area contributed by atoms with Crippen molar-refractivity contribution in [1.82, 2.24) is 0 Å². The maximum Gasteiger partial charge on any atom is 0.144 e. The third-order valence-corrected chi connectivity index (χ3v) is 3.14. The monoisotopic (exact) mass is 259 g/mol. The van der Waals surface area contributed by atoms with Crippen LogP contribution in [0.25, 0.3) is 0 Å². The van der Waals surface area contributed by atoms with Crippen molar-refractivity contribution < 1.29 is 4.74 Å². The molecule has 0 spiro atoms. The lowest BCUT2D eigenvalue weighted by atomic mass is 10.2. The smallest absolute Gasteiger partial charge is 0.144 e. The molecule has 1 fully saturated rings. The van der Waals surface area contributed by atoms with Gasteiger partial charge in [-0.1, -0.05) is 0 Å². The highest BCUT2D eigenvalue weighted by atomic mass is 16.5. The van der Waals surface area contributed by atoms with Gasteiger partial charge in [0.1, 0.15) is 5.75 Å². The van der Waals surface area contributed by atoms with Crippen molar-refractivity contribution in [2.45, 2.75) is 45.3 Å². The van der Waals surface area contributed by atoms with Gasteiger partial charge >= 0.3 is 0 Å². The van der Waals surface area contributed by atoms with Gasteiger partial charge in [-0.2, -0.15) is 5.26 Å². The highest BCUT2D eigenvalue weighted by Gasteiger charge is 2.29. The molecule has 0 amide bonds. The molecule has 0 heterocycles. The second-order valence-electron chi connectivity index (χ2n) is 5.22. The van der Waals surface area contributed by atoms with Crippen LogP contribution in [-0.4, -0.2) is 18.7 Å². The van der Waals surface area contributed by atoms with Gasteiger partial charge in [0.15, 0.2) is 0 Å². The number of anilines is 2. The van der Waals surface area contributed by atoms with Crippen molar-refractivity contribution >= 4 is 11.4 Å². The van der Waals surface area contributed by atoms with Gasteiger partial charge in [-0.3, -0.25) is 0 Å². The van der Waals surface area contributed by atoms with E-state index in [4.69, 9.17) is 15.7 Å². The van der Waals surface area contributed by atoms with Crippen LogP contribution < -0.4 is 15.4 Å². The Morgan fingerprint density at radius 3 is 2.79 bits per heavy atom. The van der Waals surface area contributed by atoms with E-state index in [-0.39, 0.29) is 6.10 Å². The number of nitriles is 1. The standard InChI is InChI=1S/C15H21N3O/c1-11(2)19-15-10-13(6-7-14(15)17)18(9-3-8-16)12-4-5-12/h6-7,10-12H,3-5,9,17H2,1-2H3. The van der Waals surface area contributed by atoms with Crippen molar-refractivity contribution in [3.63, 3.8) is 0 Å². The lowest BCUT2D eigenvalue weighted by Gasteiger charge is -2.25. The van der Waals surface area contributed by atoms with E-state index in [1.165, 1.54) is 12.8 Å². The second kappa shape index (κ2) is 5.83. The van der Waals surface area contributed by atoms with Gasteiger partial charge in [-0.15, -0.1) is 0 Å². The Hall–Kier alpha value is -1.89. The molecular formula is C15H21N3O. The van der Waals surface area contributed by atoms with Crippen LogP contribution in [0.2, 0.25) is 0 Å². The summed E-state index contributed by atoms with van der Waals surface area (Å²) in [4.78, 5) is 2.29. The first-order valence-electron chi connectivity index (χ1n) is 6.81. The van der Waals surface area contributed by atoms with Crippen LogP contribution in [0.3, 0.4) is 0 Å². The number of hydrogen-bond donors (Lipinski definition) is 1. The van der Waals surface area contributed by atoms with Crippen LogP contribution in [0.5, 0.6) is 5.75 Å². The number of nitrogens with two attached hydrogens (primary N) is 1. The molecule has 1 aromatic rings. The van der Waals surface area contributed by atoms with Crippen molar-refractivity contribution in [2.75, 3.05) is 17.2 Å². The van der Waals surface area contributed by atoms with Crippen LogP contribution >= 0.6 is 0 Å². The van der Waals surface area contributed by atoms with Gasteiger partial charge in [0.2, 0.25) is 0 Å². The maximum absolute atomic E-state index is 8.76. The fraction of sp³-hybridized carbons (Fsp3) is 0.533. The molecule has 0 radical (unpaired) electrons. The fourth-order valence-electron chi connectivity index (χ4n) is 2.14. The molecule has 1 aromatic carbocycles. The maximum atomic E-state index is 8.76. The third kappa shape index (κ3) is 3.54. The molecule has 4 nitrogen and oxygen atoms in total. The first-order chi connectivity index (χ1) is 9.11. The molecule has 1 aliphatic rings. The van der Waals surface area contributed by atoms with Gasteiger partial charge in [0.25, 0.3) is 0 Å². The summed E-state index contributed by atoms with van der Waals surface area (Å²) in [5.74, 6) is 0.732. The summed E-state index contributed by atoms with van der Waals surface area (Å²) in [5, 5.41) is 8.76. The van der Waals surface area contributed by atoms with Crippen molar-refractivity contribution in [2.24, 2.45) is 0 Å². The van der Waals surface area contributed by atoms with Crippen molar-refractivity contribution in [3.8, 4) is 11.8 Å². The first kappa shape index (κ1) is 13.5. The highest BCUT2D eigenvalue weighted by Crippen LogP contribution is 2.35. The molecule has 0 bridgehead atoms. The minimum Gasteiger partial charge on any atom is -0.489 e. The summed E-state index contributed by atoms with van der Waals surface area (Å²) in [7, 11) is 0. The molecule has 2 rings (SSSR count). The number of hydrogen-bond acceptors (Lipinski definition) is 4. The summed E-state index contributed by atoms with van der Waals surface area (Å²) in [6, 6.07) is 8.67. The van der Waals surface area contributed by atoms with E-state index >= 15 is 0 Å². The van der Waals surface area contributed by atoms with Gasteiger partial charge in [-0.05, 0) is 38.8 Å². The topological polar surface area (TPSA) is 62.3 Å². The molecule has 1 saturated carbocycles. The zero-order valence-corrected chi connectivity index (χ0v) is 11.6. The van der Waals surface area contributed by atoms with Crippen molar-refractivity contribution in [3.05, 3.63) is 18.2 Å². The van der Waals surface area contributed by atoms with Gasteiger partial charge < -0.3 is 15.4 Å². The van der Waals surface area contributed by atoms with Crippen LogP contribution in [0.1, 0.15) is 33.1 Å². The molecule has 2 N–H and O–H groups in total. The lowest BCUT2D eigenvalue weighted by molar-refractivity contribution is 0.244. The van der Waals surface area contributed by atoms with Crippen LogP contribution in [-0.2, 0) is 0 Å². The molecular weight excluding hydrogens is 238 g/mol. The largest absolute Gasteiger partial charge is 0.489 e. The number of nitrogens with zero attached hydrogens (tertiary/aromatic N) is 2. The molecule has 0 unspecified atom stereocenters. The van der Waals surface area contributed by atoms with Gasteiger partial charge in [0.05, 0.1) is 24.3 Å². The Balaban J connectivity index is 2.19. The quantitative estimate of drug-likeness (QED) is 0.798. The first-order valence-corrected chi connectivity index (χ1v) is 6.81. The SMILES string of the molecule is CC(C)Oc1cc(N(CCC#N)C2CC2)ccc1N. The minimum atomic E-state index is 0.103. The van der Waals surface area contributed by atoms with E-state index in [0.29, 0.717) is 18.2 Å². The third-order valence-electron chi connectivity index (χ3n) is 3.14. The summed E-state index contributed by atoms with van der Waals surface area (Å²) < 4.78 is 5.72. The second-order valence-corrected chi connectivity index (χ2v) is 5.22. The van der Waals surface area contributed by atoms with E-state index in [9.17, 15) is 0 Å². The zero-order chi connectivity index (χ0) is 13.8. The lowest BCUT2D eigenvalue weighted by Crippen LogP contribution is -2.26. The molecule has 1 aliphatic carbocycles. The van der Waals surface area contributed by atoms with E-state index in [2.05, 4.69) is 11.0 Å². The molecule has 0 atom stereocenters. The minimum absolute atomic E-state index is 0.103. The molecule has 19 heavy (non-hydrogen) atoms. The Labute approximate surface area is 114 Å². The summed E-state index contributed by atoms with van der Waals surface area (Å²) >= 11 is 0. The number of rotatable bonds is 6. The number of nitrogen functional groups attached to an aromatic ring is 1. The average Bonchev–Trinajstić information content (AvgIpc) is 3.17. The summed E-state index contributed by atoms with van der Waals surface area (Å²) in [6.07, 6.45) is 3.05. The molecule has 4 heteroatoms. The highest BCUT2D eigenvalue weighted by molar-refractivity contribution is 5.63. The molecule has 0 aliphatic heterocycles. The van der Waals surface area contributed by atoms with E-state index < -0.39 is 0 Å². The molecule has 102 valence electrons. The Kier molecular flexibility index (Phi) is 4.16. The number of ether oxygens (including phenoxy) is 1. The Morgan fingerprint density at radius 2 is 2.21 bits per heavy atom. The molecule has 0 aromatic heterocycles. The van der Waals surface area contributed by atoms with Gasteiger partial charge in [0, 0.05) is 24.3 Å². The Morgan fingerprint density at radius 1 is 1.47 bits per heavy atom. The fourth-order valence-corrected chi connectivity index (χ4v) is 2.14. The van der Waals surface area contributed by atoms with E-state index in [1.807, 2.05) is 32.0 Å². The van der Waals surface area contributed by atoms with E-state index in [0.717, 1.165) is 18.0 Å². The van der Waals surface area contributed by atoms with Crippen LogP contribution in [0, 0.1) is 11.3 Å². The average molecular weight is 259 g/mol. The molecule has 0 saturated heterocycles. The Bertz CT molecular complexity index is 475. The summed E-state index contributed by atoms with van der Waals surface area (Å²) in [6.45, 7) is 4.74. The van der Waals surface area contributed by atoms with Gasteiger partial charge in [-0.25, -0.2) is 0 Å². The normalized spacial score (nSPS) is 14.2.